The van der Waals surface area contributed by atoms with Crippen molar-refractivity contribution in [3.05, 3.63) is 169 Å². The van der Waals surface area contributed by atoms with Crippen LogP contribution in [0.3, 0.4) is 0 Å². The Kier molecular flexibility index (Phi) is 7.00. The van der Waals surface area contributed by atoms with Gasteiger partial charge in [-0.3, -0.25) is 0 Å². The molecular formula is C49H32N4OS. The first-order chi connectivity index (χ1) is 27.0. The quantitative estimate of drug-likeness (QED) is 0.177. The van der Waals surface area contributed by atoms with Gasteiger partial charge in [0, 0.05) is 38.4 Å². The van der Waals surface area contributed by atoms with Crippen LogP contribution in [0.1, 0.15) is 25.0 Å². The molecule has 260 valence electrons. The fraction of sp³-hybridized carbons (Fsp3) is 0.0612. The molecule has 0 radical (unpaired) electrons. The fourth-order valence-corrected chi connectivity index (χ4v) is 9.17. The molecule has 0 amide bonds. The highest BCUT2D eigenvalue weighted by Crippen LogP contribution is 2.52. The maximum Gasteiger partial charge on any atom is 0.164 e. The molecule has 0 fully saturated rings. The van der Waals surface area contributed by atoms with Gasteiger partial charge in [0.1, 0.15) is 16.2 Å². The van der Waals surface area contributed by atoms with Crippen LogP contribution in [0.15, 0.2) is 162 Å². The molecule has 55 heavy (non-hydrogen) atoms. The van der Waals surface area contributed by atoms with Crippen LogP contribution in [-0.2, 0) is 5.41 Å². The van der Waals surface area contributed by atoms with Crippen LogP contribution in [0.5, 0.6) is 0 Å². The third-order valence-corrected chi connectivity index (χ3v) is 12.0. The van der Waals surface area contributed by atoms with Crippen molar-refractivity contribution < 1.29 is 4.42 Å². The molecule has 11 rings (SSSR count). The monoisotopic (exact) mass is 724 g/mol. The lowest BCUT2D eigenvalue weighted by Gasteiger charge is -2.22. The summed E-state index contributed by atoms with van der Waals surface area (Å²) in [6.45, 7) is 4.68. The molecule has 0 atom stereocenters. The topological polar surface area (TPSA) is 64.7 Å². The van der Waals surface area contributed by atoms with Gasteiger partial charge in [0.25, 0.3) is 0 Å². The SMILES string of the molecule is CC1(C)c2cc(-c3cc(-c4nc(-c5ccccc5)nc(-c5ccccc5)n4)cc4oc5ccccc5c34)ccc2-c2cc3nc(-c4ccccc4)sc3cc21. The van der Waals surface area contributed by atoms with Gasteiger partial charge in [0.15, 0.2) is 17.5 Å². The Bertz CT molecular complexity index is 3050. The first-order valence-electron chi connectivity index (χ1n) is 18.5. The third-order valence-electron chi connectivity index (χ3n) is 11.0. The Morgan fingerprint density at radius 3 is 1.75 bits per heavy atom. The molecule has 1 aliphatic rings. The number of fused-ring (bicyclic) bond motifs is 7. The Balaban J connectivity index is 1.10. The van der Waals surface area contributed by atoms with Crippen LogP contribution in [0.2, 0.25) is 0 Å². The van der Waals surface area contributed by atoms with Gasteiger partial charge in [-0.25, -0.2) is 19.9 Å². The second-order valence-electron chi connectivity index (χ2n) is 14.7. The molecule has 0 aliphatic heterocycles. The number of hydrogen-bond acceptors (Lipinski definition) is 6. The lowest BCUT2D eigenvalue weighted by atomic mass is 9.81. The molecular weight excluding hydrogens is 693 g/mol. The van der Waals surface area contributed by atoms with Crippen molar-refractivity contribution in [2.75, 3.05) is 0 Å². The summed E-state index contributed by atoms with van der Waals surface area (Å²) in [4.78, 5) is 20.2. The van der Waals surface area contributed by atoms with E-state index in [0.717, 1.165) is 65.8 Å². The van der Waals surface area contributed by atoms with E-state index in [1.165, 1.54) is 27.0 Å². The van der Waals surface area contributed by atoms with Crippen LogP contribution in [0, 0.1) is 0 Å². The van der Waals surface area contributed by atoms with Crippen molar-refractivity contribution in [2.24, 2.45) is 0 Å². The zero-order valence-corrected chi connectivity index (χ0v) is 30.9. The Morgan fingerprint density at radius 1 is 0.455 bits per heavy atom. The van der Waals surface area contributed by atoms with E-state index in [1.54, 1.807) is 11.3 Å². The third kappa shape index (κ3) is 5.13. The summed E-state index contributed by atoms with van der Waals surface area (Å²) in [6.07, 6.45) is 0. The van der Waals surface area contributed by atoms with Gasteiger partial charge < -0.3 is 4.42 Å². The molecule has 10 aromatic rings. The zero-order chi connectivity index (χ0) is 36.7. The minimum atomic E-state index is -0.218. The standard InChI is InChI=1S/C49H32N4OS/c1-49(2)38-25-32(22-23-34(38)37-27-40-43(28-39(37)49)55-48(50-40)31-18-10-5-11-19-31)36-24-33(26-42-44(36)35-20-12-13-21-41(35)54-42)47-52-45(29-14-6-3-7-15-29)51-46(53-47)30-16-8-4-9-17-30/h3-28H,1-2H3. The average Bonchev–Trinajstić information content (AvgIpc) is 3.90. The predicted molar refractivity (Wildman–Crippen MR) is 225 cm³/mol. The number of thiazole rings is 1. The van der Waals surface area contributed by atoms with Gasteiger partial charge in [-0.15, -0.1) is 11.3 Å². The van der Waals surface area contributed by atoms with Crippen molar-refractivity contribution in [2.45, 2.75) is 19.3 Å². The molecule has 0 unspecified atom stereocenters. The second-order valence-corrected chi connectivity index (χ2v) is 15.7. The number of rotatable bonds is 5. The highest BCUT2D eigenvalue weighted by molar-refractivity contribution is 7.21. The molecule has 3 aromatic heterocycles. The van der Waals surface area contributed by atoms with Gasteiger partial charge in [-0.1, -0.05) is 135 Å². The van der Waals surface area contributed by atoms with Crippen LogP contribution in [-0.4, -0.2) is 19.9 Å². The van der Waals surface area contributed by atoms with Gasteiger partial charge in [-0.05, 0) is 69.8 Å². The largest absolute Gasteiger partial charge is 0.456 e. The smallest absolute Gasteiger partial charge is 0.164 e. The van der Waals surface area contributed by atoms with Crippen LogP contribution < -0.4 is 0 Å². The maximum absolute atomic E-state index is 6.59. The Labute approximate surface area is 321 Å². The van der Waals surface area contributed by atoms with Crippen molar-refractivity contribution >= 4 is 43.5 Å². The molecule has 6 heteroatoms. The minimum absolute atomic E-state index is 0.218. The lowest BCUT2D eigenvalue weighted by molar-refractivity contribution is 0.661. The molecule has 0 spiro atoms. The first-order valence-corrected chi connectivity index (χ1v) is 19.3. The summed E-state index contributed by atoms with van der Waals surface area (Å²) in [5, 5.41) is 3.20. The van der Waals surface area contributed by atoms with Gasteiger partial charge in [0.2, 0.25) is 0 Å². The summed E-state index contributed by atoms with van der Waals surface area (Å²) >= 11 is 1.76. The van der Waals surface area contributed by atoms with E-state index in [4.69, 9.17) is 24.4 Å². The van der Waals surface area contributed by atoms with Crippen molar-refractivity contribution in [1.82, 2.24) is 19.9 Å². The predicted octanol–water partition coefficient (Wildman–Crippen LogP) is 13.0. The van der Waals surface area contributed by atoms with Crippen molar-refractivity contribution in [1.29, 1.82) is 0 Å². The second kappa shape index (κ2) is 12.1. The molecule has 5 nitrogen and oxygen atoms in total. The minimum Gasteiger partial charge on any atom is -0.456 e. The van der Waals surface area contributed by atoms with Gasteiger partial charge in [-0.2, -0.15) is 0 Å². The van der Waals surface area contributed by atoms with E-state index in [0.29, 0.717) is 17.5 Å². The lowest BCUT2D eigenvalue weighted by Crippen LogP contribution is -2.15. The molecule has 0 N–H and O–H groups in total. The number of para-hydroxylation sites is 1. The highest BCUT2D eigenvalue weighted by atomic mass is 32.1. The first kappa shape index (κ1) is 31.7. The Morgan fingerprint density at radius 2 is 1.05 bits per heavy atom. The van der Waals surface area contributed by atoms with Crippen LogP contribution in [0.4, 0.5) is 0 Å². The highest BCUT2D eigenvalue weighted by Gasteiger charge is 2.36. The van der Waals surface area contributed by atoms with Gasteiger partial charge >= 0.3 is 0 Å². The summed E-state index contributed by atoms with van der Waals surface area (Å²) < 4.78 is 7.80. The van der Waals surface area contributed by atoms with Crippen LogP contribution >= 0.6 is 11.3 Å². The van der Waals surface area contributed by atoms with E-state index in [9.17, 15) is 0 Å². The number of benzene rings is 7. The normalized spacial score (nSPS) is 13.1. The molecule has 3 heterocycles. The maximum atomic E-state index is 6.59. The number of furan rings is 1. The molecule has 0 saturated carbocycles. The van der Waals surface area contributed by atoms with E-state index >= 15 is 0 Å². The zero-order valence-electron chi connectivity index (χ0n) is 30.1. The van der Waals surface area contributed by atoms with Crippen molar-refractivity contribution in [3.8, 4) is 67.0 Å². The molecule has 0 bridgehead atoms. The molecule has 1 aliphatic carbocycles. The Hall–Kier alpha value is -6.76. The van der Waals surface area contributed by atoms with E-state index in [1.807, 2.05) is 78.9 Å². The average molecular weight is 725 g/mol. The van der Waals surface area contributed by atoms with Crippen LogP contribution in [0.25, 0.3) is 99.1 Å². The van der Waals surface area contributed by atoms with E-state index in [2.05, 4.69) is 92.7 Å². The summed E-state index contributed by atoms with van der Waals surface area (Å²) in [5.74, 6) is 1.84. The molecule has 0 saturated heterocycles. The summed E-state index contributed by atoms with van der Waals surface area (Å²) in [5.41, 5.74) is 13.7. The summed E-state index contributed by atoms with van der Waals surface area (Å²) in [6, 6.07) is 54.8. The van der Waals surface area contributed by atoms with E-state index < -0.39 is 0 Å². The molecule has 7 aromatic carbocycles. The number of aromatic nitrogens is 4. The van der Waals surface area contributed by atoms with Crippen molar-refractivity contribution in [3.63, 3.8) is 0 Å². The fourth-order valence-electron chi connectivity index (χ4n) is 8.18. The van der Waals surface area contributed by atoms with E-state index in [-0.39, 0.29) is 5.41 Å². The summed E-state index contributed by atoms with van der Waals surface area (Å²) in [7, 11) is 0. The number of nitrogens with zero attached hydrogens (tertiary/aromatic N) is 4. The van der Waals surface area contributed by atoms with Gasteiger partial charge in [0.05, 0.1) is 10.2 Å². The number of hydrogen-bond donors (Lipinski definition) is 0.